The molecule has 0 saturated heterocycles. The number of fused-ring (bicyclic) bond motifs is 5. The molecule has 0 aromatic carbocycles. The quantitative estimate of drug-likeness (QED) is 0.669. The largest absolute Gasteiger partial charge is 0.353 e. The normalized spacial score (nSPS) is 45.6. The van der Waals surface area contributed by atoms with Crippen molar-refractivity contribution in [1.29, 1.82) is 0 Å². The van der Waals surface area contributed by atoms with Gasteiger partial charge in [0, 0.05) is 13.0 Å². The Hall–Kier alpha value is -1.05. The van der Waals surface area contributed by atoms with E-state index in [2.05, 4.69) is 38.2 Å². The van der Waals surface area contributed by atoms with E-state index in [-0.39, 0.29) is 5.91 Å². The molecule has 4 rings (SSSR count). The molecule has 0 radical (unpaired) electrons. The van der Waals surface area contributed by atoms with E-state index < -0.39 is 0 Å². The molecule has 2 fully saturated rings. The summed E-state index contributed by atoms with van der Waals surface area (Å²) < 4.78 is 0. The highest BCUT2D eigenvalue weighted by molar-refractivity contribution is 5.73. The molecule has 0 aromatic heterocycles. The summed E-state index contributed by atoms with van der Waals surface area (Å²) in [6.45, 7) is 9.10. The maximum atomic E-state index is 11.5. The van der Waals surface area contributed by atoms with E-state index in [4.69, 9.17) is 0 Å². The topological polar surface area (TPSA) is 29.1 Å². The molecule has 0 bridgehead atoms. The highest BCUT2D eigenvalue weighted by atomic mass is 16.1. The van der Waals surface area contributed by atoms with Crippen LogP contribution in [-0.4, -0.2) is 11.9 Å². The van der Waals surface area contributed by atoms with Crippen LogP contribution < -0.4 is 5.32 Å². The third-order valence-electron chi connectivity index (χ3n) is 8.63. The summed E-state index contributed by atoms with van der Waals surface area (Å²) in [6.07, 6.45) is 15.3. The Morgan fingerprint density at radius 3 is 2.60 bits per heavy atom. The van der Waals surface area contributed by atoms with Crippen molar-refractivity contribution >= 4 is 5.91 Å². The number of carbonyl (C=O) groups is 1. The van der Waals surface area contributed by atoms with Crippen LogP contribution >= 0.6 is 0 Å². The van der Waals surface area contributed by atoms with Crippen LogP contribution in [0.2, 0.25) is 0 Å². The Bertz CT molecular complexity index is 632. The van der Waals surface area contributed by atoms with Gasteiger partial charge in [-0.25, -0.2) is 0 Å². The Morgan fingerprint density at radius 2 is 1.88 bits per heavy atom. The molecule has 0 heterocycles. The lowest BCUT2D eigenvalue weighted by atomic mass is 9.47. The van der Waals surface area contributed by atoms with Crippen molar-refractivity contribution in [2.45, 2.75) is 85.1 Å². The zero-order valence-corrected chi connectivity index (χ0v) is 16.5. The van der Waals surface area contributed by atoms with Gasteiger partial charge in [-0.15, -0.1) is 0 Å². The summed E-state index contributed by atoms with van der Waals surface area (Å²) in [6, 6.07) is 0.363. The summed E-state index contributed by atoms with van der Waals surface area (Å²) in [7, 11) is 0. The van der Waals surface area contributed by atoms with Crippen molar-refractivity contribution in [3.63, 3.8) is 0 Å². The van der Waals surface area contributed by atoms with Crippen LogP contribution in [0.1, 0.15) is 79.1 Å². The molecule has 25 heavy (non-hydrogen) atoms. The summed E-state index contributed by atoms with van der Waals surface area (Å²) >= 11 is 0. The van der Waals surface area contributed by atoms with E-state index in [0.717, 1.165) is 30.6 Å². The second-order valence-electron chi connectivity index (χ2n) is 9.67. The molecular formula is C23H35NO. The number of hydrogen-bond acceptors (Lipinski definition) is 1. The predicted molar refractivity (Wildman–Crippen MR) is 103 cm³/mol. The first-order valence-electron chi connectivity index (χ1n) is 10.5. The van der Waals surface area contributed by atoms with E-state index in [0.29, 0.717) is 16.9 Å². The first kappa shape index (κ1) is 17.4. The molecule has 138 valence electrons. The average Bonchev–Trinajstić information content (AvgIpc) is 2.91. The van der Waals surface area contributed by atoms with Crippen molar-refractivity contribution < 1.29 is 4.79 Å². The number of nitrogens with one attached hydrogen (secondary N) is 1. The molecule has 6 unspecified atom stereocenters. The van der Waals surface area contributed by atoms with Crippen LogP contribution in [-0.2, 0) is 4.79 Å². The molecule has 0 aliphatic heterocycles. The van der Waals surface area contributed by atoms with Crippen LogP contribution in [0.5, 0.6) is 0 Å². The fourth-order valence-electron chi connectivity index (χ4n) is 7.28. The highest BCUT2D eigenvalue weighted by Crippen LogP contribution is 2.65. The van der Waals surface area contributed by atoms with Gasteiger partial charge in [0.1, 0.15) is 0 Å². The third kappa shape index (κ3) is 2.54. The smallest absolute Gasteiger partial charge is 0.217 e. The second-order valence-corrected chi connectivity index (χ2v) is 9.67. The van der Waals surface area contributed by atoms with Gasteiger partial charge in [-0.3, -0.25) is 4.79 Å². The highest BCUT2D eigenvalue weighted by Gasteiger charge is 2.56. The molecule has 1 N–H and O–H groups in total. The molecule has 1 amide bonds. The maximum Gasteiger partial charge on any atom is 0.217 e. The Labute approximate surface area is 153 Å². The molecule has 0 spiro atoms. The van der Waals surface area contributed by atoms with Crippen molar-refractivity contribution in [2.24, 2.45) is 28.6 Å². The maximum absolute atomic E-state index is 11.5. The minimum Gasteiger partial charge on any atom is -0.353 e. The van der Waals surface area contributed by atoms with E-state index in [1.54, 1.807) is 18.1 Å². The lowest BCUT2D eigenvalue weighted by Crippen LogP contribution is -2.51. The second kappa shape index (κ2) is 5.99. The summed E-state index contributed by atoms with van der Waals surface area (Å²) in [5, 5.41) is 3.17. The van der Waals surface area contributed by atoms with Gasteiger partial charge in [0.25, 0.3) is 0 Å². The summed E-state index contributed by atoms with van der Waals surface area (Å²) in [5.74, 6) is 2.71. The molecular weight excluding hydrogens is 306 g/mol. The van der Waals surface area contributed by atoms with Crippen molar-refractivity contribution in [1.82, 2.24) is 5.32 Å². The molecule has 4 aliphatic rings. The summed E-state index contributed by atoms with van der Waals surface area (Å²) in [4.78, 5) is 11.5. The van der Waals surface area contributed by atoms with Gasteiger partial charge in [-0.05, 0) is 80.0 Å². The van der Waals surface area contributed by atoms with Crippen molar-refractivity contribution in [2.75, 3.05) is 0 Å². The Balaban J connectivity index is 1.58. The van der Waals surface area contributed by atoms with Gasteiger partial charge >= 0.3 is 0 Å². The van der Waals surface area contributed by atoms with Gasteiger partial charge in [-0.2, -0.15) is 0 Å². The van der Waals surface area contributed by atoms with E-state index in [1.807, 2.05) is 0 Å². The lowest BCUT2D eigenvalue weighted by molar-refractivity contribution is -0.120. The SMILES string of the molecule is CCC1=CCC2C3CC=C4CC(NC(C)=O)CCC4(C)C3CCC12C. The third-order valence-corrected chi connectivity index (χ3v) is 8.63. The van der Waals surface area contributed by atoms with Gasteiger partial charge in [0.15, 0.2) is 0 Å². The minimum atomic E-state index is 0.125. The molecule has 2 saturated carbocycles. The van der Waals surface area contributed by atoms with Gasteiger partial charge < -0.3 is 5.32 Å². The number of carbonyl (C=O) groups excluding carboxylic acids is 1. The Kier molecular flexibility index (Phi) is 4.16. The van der Waals surface area contributed by atoms with Crippen LogP contribution in [0.25, 0.3) is 0 Å². The molecule has 2 nitrogen and oxygen atoms in total. The first-order chi connectivity index (χ1) is 11.9. The predicted octanol–water partition coefficient (Wildman–Crippen LogP) is 5.40. The summed E-state index contributed by atoms with van der Waals surface area (Å²) in [5.41, 5.74) is 4.26. The number of amides is 1. The van der Waals surface area contributed by atoms with Gasteiger partial charge in [-0.1, -0.05) is 44.1 Å². The molecule has 2 heteroatoms. The Morgan fingerprint density at radius 1 is 1.12 bits per heavy atom. The lowest BCUT2D eigenvalue weighted by Gasteiger charge is -2.58. The number of rotatable bonds is 2. The fourth-order valence-corrected chi connectivity index (χ4v) is 7.28. The number of hydrogen-bond donors (Lipinski definition) is 1. The minimum absolute atomic E-state index is 0.125. The fraction of sp³-hybridized carbons (Fsp3) is 0.783. The van der Waals surface area contributed by atoms with Crippen LogP contribution in [0.3, 0.4) is 0 Å². The van der Waals surface area contributed by atoms with Crippen LogP contribution in [0.4, 0.5) is 0 Å². The number of allylic oxidation sites excluding steroid dienone is 3. The van der Waals surface area contributed by atoms with Gasteiger partial charge in [0.05, 0.1) is 0 Å². The van der Waals surface area contributed by atoms with E-state index >= 15 is 0 Å². The van der Waals surface area contributed by atoms with Crippen LogP contribution in [0, 0.1) is 28.6 Å². The van der Waals surface area contributed by atoms with Crippen molar-refractivity contribution in [3.8, 4) is 0 Å². The van der Waals surface area contributed by atoms with Gasteiger partial charge in [0.2, 0.25) is 5.91 Å². The first-order valence-corrected chi connectivity index (χ1v) is 10.5. The molecule has 6 atom stereocenters. The van der Waals surface area contributed by atoms with Crippen molar-refractivity contribution in [3.05, 3.63) is 23.3 Å². The average molecular weight is 342 g/mol. The standard InChI is InChI=1S/C23H35NO/c1-5-16-7-9-20-19-8-6-17-14-18(24-15(2)25)10-12-23(17,4)21(19)11-13-22(16,20)3/h6-7,18-21H,5,8-14H2,1-4H3,(H,24,25). The molecule has 4 aliphatic carbocycles. The molecule has 0 aromatic rings. The van der Waals surface area contributed by atoms with E-state index in [9.17, 15) is 4.79 Å². The zero-order chi connectivity index (χ0) is 17.8. The monoisotopic (exact) mass is 341 g/mol. The zero-order valence-electron chi connectivity index (χ0n) is 16.5. The van der Waals surface area contributed by atoms with Crippen LogP contribution in [0.15, 0.2) is 23.3 Å². The van der Waals surface area contributed by atoms with E-state index in [1.165, 1.54) is 38.5 Å².